The molecule has 0 aliphatic carbocycles. The van der Waals surface area contributed by atoms with Crippen molar-refractivity contribution >= 4 is 17.0 Å². The van der Waals surface area contributed by atoms with Crippen LogP contribution in [-0.4, -0.2) is 66.9 Å². The highest BCUT2D eigenvalue weighted by Gasteiger charge is 2.56. The molecule has 3 aromatic rings. The number of nitrogen functional groups attached to an aromatic ring is 1. The first-order valence-electron chi connectivity index (χ1n) is 8.72. The number of rotatable bonds is 5. The van der Waals surface area contributed by atoms with Crippen molar-refractivity contribution in [3.8, 4) is 5.75 Å². The smallest absolute Gasteiger partial charge is 0.180 e. The number of aliphatic hydroxyl groups excluding tert-OH is 3. The van der Waals surface area contributed by atoms with Gasteiger partial charge in [0, 0.05) is 6.42 Å². The van der Waals surface area contributed by atoms with E-state index in [1.807, 2.05) is 12.1 Å². The summed E-state index contributed by atoms with van der Waals surface area (Å²) in [5.41, 5.74) is 5.95. The number of fused-ring (bicyclic) bond motifs is 1. The van der Waals surface area contributed by atoms with Crippen molar-refractivity contribution in [1.29, 1.82) is 0 Å². The van der Waals surface area contributed by atoms with Gasteiger partial charge < -0.3 is 30.5 Å². The Bertz CT molecular complexity index is 978. The van der Waals surface area contributed by atoms with Gasteiger partial charge in [-0.2, -0.15) is 0 Å². The van der Waals surface area contributed by atoms with Crippen LogP contribution in [0.2, 0.25) is 0 Å². The summed E-state index contributed by atoms with van der Waals surface area (Å²) in [6.45, 7) is -0.452. The number of anilines is 1. The Balaban J connectivity index is 1.85. The Kier molecular flexibility index (Phi) is 4.63. The zero-order chi connectivity index (χ0) is 19.9. The molecule has 0 spiro atoms. The predicted octanol–water partition coefficient (Wildman–Crippen LogP) is -0.574. The van der Waals surface area contributed by atoms with E-state index in [-0.39, 0.29) is 12.2 Å². The van der Waals surface area contributed by atoms with Crippen LogP contribution in [0.1, 0.15) is 5.56 Å². The molecular formula is C18H21N5O5. The summed E-state index contributed by atoms with van der Waals surface area (Å²) in [4.78, 5) is 12.4. The fraction of sp³-hybridized carbons (Fsp3) is 0.389. The van der Waals surface area contributed by atoms with Gasteiger partial charge in [0.1, 0.15) is 35.9 Å². The lowest BCUT2D eigenvalue weighted by Crippen LogP contribution is -2.47. The summed E-state index contributed by atoms with van der Waals surface area (Å²) < 4.78 is 12.7. The highest BCUT2D eigenvalue weighted by molar-refractivity contribution is 5.81. The number of hydrogen-bond donors (Lipinski definition) is 4. The van der Waals surface area contributed by atoms with Crippen molar-refractivity contribution in [2.24, 2.45) is 0 Å². The number of methoxy groups -OCH3 is 1. The molecule has 0 amide bonds. The first-order valence-corrected chi connectivity index (χ1v) is 8.72. The molecule has 1 aliphatic heterocycles. The first kappa shape index (κ1) is 18.6. The highest BCUT2D eigenvalue weighted by Crippen LogP contribution is 2.40. The van der Waals surface area contributed by atoms with Gasteiger partial charge >= 0.3 is 0 Å². The summed E-state index contributed by atoms with van der Waals surface area (Å²) in [6.07, 6.45) is -0.695. The monoisotopic (exact) mass is 387 g/mol. The van der Waals surface area contributed by atoms with Crippen LogP contribution in [0.3, 0.4) is 0 Å². The molecule has 4 rings (SSSR count). The van der Waals surface area contributed by atoms with E-state index in [4.69, 9.17) is 15.2 Å². The van der Waals surface area contributed by atoms with Gasteiger partial charge in [-0.1, -0.05) is 12.1 Å². The molecule has 148 valence electrons. The SMILES string of the molecule is COc1ccc(C[C@@]2(n3cnc4c(N)ncnc43)O[C@H](CO)[C@@H](O)[C@H]2O)cc1. The molecule has 1 fully saturated rings. The number of nitrogens with two attached hydrogens (primary N) is 1. The molecular weight excluding hydrogens is 366 g/mol. The van der Waals surface area contributed by atoms with E-state index < -0.39 is 30.6 Å². The minimum absolute atomic E-state index is 0.182. The van der Waals surface area contributed by atoms with Gasteiger partial charge in [0.2, 0.25) is 0 Å². The number of aliphatic hydroxyl groups is 3. The van der Waals surface area contributed by atoms with E-state index in [2.05, 4.69) is 15.0 Å². The lowest BCUT2D eigenvalue weighted by Gasteiger charge is -2.34. The van der Waals surface area contributed by atoms with Crippen molar-refractivity contribution in [2.45, 2.75) is 30.5 Å². The van der Waals surface area contributed by atoms with Gasteiger partial charge in [0.05, 0.1) is 20.0 Å². The Morgan fingerprint density at radius 3 is 2.61 bits per heavy atom. The molecule has 1 aromatic carbocycles. The standard InChI is InChI=1S/C18H21N5O5/c1-27-11-4-2-10(3-5-11)6-18(15(26)14(25)12(7-24)28-18)23-9-22-13-16(19)20-8-21-17(13)23/h2-5,8-9,12,14-15,24-26H,6-7H2,1H3,(H2,19,20,21)/t12-,14-,15-,18-/m1/s1. The van der Waals surface area contributed by atoms with Crippen LogP contribution in [0.15, 0.2) is 36.9 Å². The third kappa shape index (κ3) is 2.78. The van der Waals surface area contributed by atoms with Gasteiger partial charge in [0.25, 0.3) is 0 Å². The van der Waals surface area contributed by atoms with Crippen LogP contribution in [-0.2, 0) is 16.9 Å². The van der Waals surface area contributed by atoms with Crippen LogP contribution in [0.4, 0.5) is 5.82 Å². The summed E-state index contributed by atoms with van der Waals surface area (Å²) in [5, 5.41) is 31.0. The molecule has 4 atom stereocenters. The molecule has 0 radical (unpaired) electrons. The number of nitrogens with zero attached hydrogens (tertiary/aromatic N) is 4. The quantitative estimate of drug-likeness (QED) is 0.451. The minimum atomic E-state index is -1.45. The second-order valence-electron chi connectivity index (χ2n) is 6.69. The lowest BCUT2D eigenvalue weighted by atomic mass is 9.94. The highest BCUT2D eigenvalue weighted by atomic mass is 16.6. The Labute approximate surface area is 160 Å². The first-order chi connectivity index (χ1) is 13.5. The second-order valence-corrected chi connectivity index (χ2v) is 6.69. The fourth-order valence-electron chi connectivity index (χ4n) is 3.61. The predicted molar refractivity (Wildman–Crippen MR) is 98.4 cm³/mol. The van der Waals surface area contributed by atoms with E-state index in [1.165, 1.54) is 17.2 Å². The number of hydrogen-bond acceptors (Lipinski definition) is 9. The van der Waals surface area contributed by atoms with E-state index >= 15 is 0 Å². The molecule has 0 saturated carbocycles. The Hall–Kier alpha value is -2.79. The van der Waals surface area contributed by atoms with Gasteiger partial charge in [-0.25, -0.2) is 15.0 Å². The van der Waals surface area contributed by atoms with Crippen molar-refractivity contribution in [3.05, 3.63) is 42.5 Å². The number of aromatic nitrogens is 4. The molecule has 1 aliphatic rings. The summed E-state index contributed by atoms with van der Waals surface area (Å²) in [6, 6.07) is 7.24. The minimum Gasteiger partial charge on any atom is -0.497 e. The van der Waals surface area contributed by atoms with E-state index in [1.54, 1.807) is 19.2 Å². The summed E-state index contributed by atoms with van der Waals surface area (Å²) in [7, 11) is 1.57. The average molecular weight is 387 g/mol. The van der Waals surface area contributed by atoms with E-state index in [0.717, 1.165) is 5.56 Å². The number of ether oxygens (including phenoxy) is 2. The molecule has 10 heteroatoms. The molecule has 1 saturated heterocycles. The van der Waals surface area contributed by atoms with Crippen molar-refractivity contribution < 1.29 is 24.8 Å². The molecule has 3 heterocycles. The van der Waals surface area contributed by atoms with E-state index in [9.17, 15) is 15.3 Å². The Morgan fingerprint density at radius 2 is 1.96 bits per heavy atom. The van der Waals surface area contributed by atoms with Crippen LogP contribution in [0.25, 0.3) is 11.2 Å². The third-order valence-electron chi connectivity index (χ3n) is 5.09. The van der Waals surface area contributed by atoms with Crippen molar-refractivity contribution in [2.75, 3.05) is 19.5 Å². The summed E-state index contributed by atoms with van der Waals surface area (Å²) >= 11 is 0. The Morgan fingerprint density at radius 1 is 1.21 bits per heavy atom. The third-order valence-corrected chi connectivity index (χ3v) is 5.09. The average Bonchev–Trinajstić information content (AvgIpc) is 3.25. The summed E-state index contributed by atoms with van der Waals surface area (Å²) in [5.74, 6) is 0.877. The van der Waals surface area contributed by atoms with Gasteiger partial charge in [-0.3, -0.25) is 4.57 Å². The van der Waals surface area contributed by atoms with Gasteiger partial charge in [0.15, 0.2) is 17.2 Å². The molecule has 2 aromatic heterocycles. The van der Waals surface area contributed by atoms with Crippen LogP contribution >= 0.6 is 0 Å². The van der Waals surface area contributed by atoms with E-state index in [0.29, 0.717) is 16.9 Å². The van der Waals surface area contributed by atoms with Crippen LogP contribution in [0, 0.1) is 0 Å². The number of imidazole rings is 1. The van der Waals surface area contributed by atoms with Crippen molar-refractivity contribution in [3.63, 3.8) is 0 Å². The zero-order valence-electron chi connectivity index (χ0n) is 15.1. The maximum Gasteiger partial charge on any atom is 0.180 e. The topological polar surface area (TPSA) is 149 Å². The maximum atomic E-state index is 10.9. The molecule has 0 unspecified atom stereocenters. The molecule has 10 nitrogen and oxygen atoms in total. The second kappa shape index (κ2) is 6.99. The van der Waals surface area contributed by atoms with Crippen LogP contribution < -0.4 is 10.5 Å². The van der Waals surface area contributed by atoms with Gasteiger partial charge in [-0.15, -0.1) is 0 Å². The molecule has 5 N–H and O–H groups in total. The molecule has 28 heavy (non-hydrogen) atoms. The maximum absolute atomic E-state index is 10.9. The van der Waals surface area contributed by atoms with Gasteiger partial charge in [-0.05, 0) is 17.7 Å². The zero-order valence-corrected chi connectivity index (χ0v) is 15.1. The molecule has 0 bridgehead atoms. The van der Waals surface area contributed by atoms with Crippen molar-refractivity contribution in [1.82, 2.24) is 19.5 Å². The number of benzene rings is 1. The van der Waals surface area contributed by atoms with Crippen LogP contribution in [0.5, 0.6) is 5.75 Å². The largest absolute Gasteiger partial charge is 0.497 e. The fourth-order valence-corrected chi connectivity index (χ4v) is 3.61. The normalized spacial score (nSPS) is 27.4. The lowest BCUT2D eigenvalue weighted by molar-refractivity contribution is -0.145.